The molecule has 1 aliphatic rings. The molecule has 1 aromatic carbocycles. The SMILES string of the molecule is Nc1nc2c(ccn2CCN2CCN(c3ccc(Cl)cc3)CC2)c2nc(-c3ccco3)nn12. The van der Waals surface area contributed by atoms with Crippen molar-refractivity contribution in [1.82, 2.24) is 29.0 Å². The van der Waals surface area contributed by atoms with Crippen molar-refractivity contribution in [3.8, 4) is 11.6 Å². The molecule has 0 aliphatic carbocycles. The van der Waals surface area contributed by atoms with E-state index in [-0.39, 0.29) is 0 Å². The van der Waals surface area contributed by atoms with Gasteiger partial charge in [-0.3, -0.25) is 4.90 Å². The molecule has 0 amide bonds. The van der Waals surface area contributed by atoms with Gasteiger partial charge in [-0.05, 0) is 42.5 Å². The van der Waals surface area contributed by atoms with Crippen LogP contribution >= 0.6 is 11.6 Å². The summed E-state index contributed by atoms with van der Waals surface area (Å²) in [5, 5.41) is 6.15. The second kappa shape index (κ2) is 8.09. The number of nitrogens with two attached hydrogens (primary N) is 1. The molecule has 2 N–H and O–H groups in total. The summed E-state index contributed by atoms with van der Waals surface area (Å²) in [4.78, 5) is 14.1. The molecule has 4 aromatic heterocycles. The lowest BCUT2D eigenvalue weighted by atomic mass is 10.2. The summed E-state index contributed by atoms with van der Waals surface area (Å²) in [7, 11) is 0. The summed E-state index contributed by atoms with van der Waals surface area (Å²) in [6, 6.07) is 13.7. The van der Waals surface area contributed by atoms with Crippen LogP contribution in [0.25, 0.3) is 28.3 Å². The van der Waals surface area contributed by atoms with Crippen LogP contribution in [-0.4, -0.2) is 61.8 Å². The van der Waals surface area contributed by atoms with Gasteiger partial charge < -0.3 is 19.6 Å². The lowest BCUT2D eigenvalue weighted by molar-refractivity contribution is 0.249. The highest BCUT2D eigenvalue weighted by Gasteiger charge is 2.19. The van der Waals surface area contributed by atoms with Gasteiger partial charge in [0.25, 0.3) is 0 Å². The van der Waals surface area contributed by atoms with Gasteiger partial charge >= 0.3 is 0 Å². The number of hydrogen-bond donors (Lipinski definition) is 1. The number of hydrogen-bond acceptors (Lipinski definition) is 7. The number of nitrogen functional groups attached to an aromatic ring is 1. The first-order valence-electron chi connectivity index (χ1n) is 10.9. The van der Waals surface area contributed by atoms with E-state index in [1.807, 2.05) is 36.5 Å². The number of furan rings is 1. The predicted octanol–water partition coefficient (Wildman–Crippen LogP) is 3.40. The summed E-state index contributed by atoms with van der Waals surface area (Å²) in [5.41, 5.74) is 8.94. The summed E-state index contributed by atoms with van der Waals surface area (Å²) in [6.07, 6.45) is 3.65. The topological polar surface area (TPSA) is 93.6 Å². The van der Waals surface area contributed by atoms with Crippen LogP contribution in [0.3, 0.4) is 0 Å². The zero-order valence-electron chi connectivity index (χ0n) is 17.9. The number of nitrogens with zero attached hydrogens (tertiary/aromatic N) is 7. The minimum Gasteiger partial charge on any atom is -0.461 e. The van der Waals surface area contributed by atoms with E-state index in [2.05, 4.69) is 41.6 Å². The largest absolute Gasteiger partial charge is 0.461 e. The van der Waals surface area contributed by atoms with Gasteiger partial charge in [-0.25, -0.2) is 4.98 Å². The molecule has 0 bridgehead atoms. The fraction of sp³-hybridized carbons (Fsp3) is 0.261. The molecule has 0 radical (unpaired) electrons. The van der Waals surface area contributed by atoms with E-state index in [1.54, 1.807) is 10.8 Å². The van der Waals surface area contributed by atoms with Crippen molar-refractivity contribution in [2.75, 3.05) is 43.4 Å². The second-order valence-corrected chi connectivity index (χ2v) is 8.61. The zero-order valence-corrected chi connectivity index (χ0v) is 18.7. The van der Waals surface area contributed by atoms with Crippen LogP contribution in [0.1, 0.15) is 0 Å². The molecule has 1 aliphatic heterocycles. The van der Waals surface area contributed by atoms with Crippen molar-refractivity contribution in [3.05, 3.63) is 59.9 Å². The molecule has 9 nitrogen and oxygen atoms in total. The number of fused-ring (bicyclic) bond motifs is 3. The fourth-order valence-electron chi connectivity index (χ4n) is 4.39. The van der Waals surface area contributed by atoms with Gasteiger partial charge in [0.05, 0.1) is 11.6 Å². The molecule has 0 unspecified atom stereocenters. The highest BCUT2D eigenvalue weighted by Crippen LogP contribution is 2.25. The van der Waals surface area contributed by atoms with Gasteiger partial charge in [0.15, 0.2) is 11.4 Å². The van der Waals surface area contributed by atoms with E-state index in [0.717, 1.165) is 55.3 Å². The van der Waals surface area contributed by atoms with Gasteiger partial charge in [-0.2, -0.15) is 9.50 Å². The van der Waals surface area contributed by atoms with Crippen LogP contribution < -0.4 is 10.6 Å². The maximum Gasteiger partial charge on any atom is 0.225 e. The predicted molar refractivity (Wildman–Crippen MR) is 128 cm³/mol. The van der Waals surface area contributed by atoms with E-state index in [9.17, 15) is 0 Å². The van der Waals surface area contributed by atoms with Crippen LogP contribution in [0.15, 0.2) is 59.3 Å². The van der Waals surface area contributed by atoms with Gasteiger partial charge in [0.2, 0.25) is 11.8 Å². The first-order valence-corrected chi connectivity index (χ1v) is 11.3. The molecule has 6 rings (SSSR count). The first-order chi connectivity index (χ1) is 16.2. The average molecular weight is 463 g/mol. The summed E-state index contributed by atoms with van der Waals surface area (Å²) < 4.78 is 9.14. The molecule has 1 fully saturated rings. The number of rotatable bonds is 5. The summed E-state index contributed by atoms with van der Waals surface area (Å²) >= 11 is 6.02. The van der Waals surface area contributed by atoms with Crippen molar-refractivity contribution >= 4 is 39.9 Å². The third-order valence-corrected chi connectivity index (χ3v) is 6.43. The van der Waals surface area contributed by atoms with Gasteiger partial charge in [0.1, 0.15) is 5.65 Å². The van der Waals surface area contributed by atoms with Crippen LogP contribution in [0.2, 0.25) is 5.02 Å². The monoisotopic (exact) mass is 462 g/mol. The van der Waals surface area contributed by atoms with Crippen molar-refractivity contribution in [3.63, 3.8) is 0 Å². The number of benzene rings is 1. The molecular weight excluding hydrogens is 440 g/mol. The quantitative estimate of drug-likeness (QED) is 0.427. The van der Waals surface area contributed by atoms with E-state index in [0.29, 0.717) is 23.2 Å². The minimum atomic E-state index is 0.305. The number of piperazine rings is 1. The van der Waals surface area contributed by atoms with E-state index < -0.39 is 0 Å². The molecule has 0 saturated carbocycles. The normalized spacial score (nSPS) is 15.1. The first kappa shape index (κ1) is 20.1. The molecule has 0 spiro atoms. The Morgan fingerprint density at radius 2 is 1.76 bits per heavy atom. The van der Waals surface area contributed by atoms with Crippen molar-refractivity contribution in [2.45, 2.75) is 6.54 Å². The number of aromatic nitrogens is 5. The highest BCUT2D eigenvalue weighted by molar-refractivity contribution is 6.30. The lowest BCUT2D eigenvalue weighted by Gasteiger charge is -2.36. The number of anilines is 2. The second-order valence-electron chi connectivity index (χ2n) is 8.17. The van der Waals surface area contributed by atoms with Crippen molar-refractivity contribution in [2.24, 2.45) is 0 Å². The molecule has 168 valence electrons. The van der Waals surface area contributed by atoms with Gasteiger partial charge in [0, 0.05) is 56.2 Å². The van der Waals surface area contributed by atoms with Crippen molar-refractivity contribution in [1.29, 1.82) is 0 Å². The Hall–Kier alpha value is -3.56. The smallest absolute Gasteiger partial charge is 0.225 e. The molecule has 5 heterocycles. The number of halogens is 1. The van der Waals surface area contributed by atoms with E-state index in [1.165, 1.54) is 5.69 Å². The third-order valence-electron chi connectivity index (χ3n) is 6.18. The van der Waals surface area contributed by atoms with Crippen molar-refractivity contribution < 1.29 is 4.42 Å². The Labute approximate surface area is 195 Å². The minimum absolute atomic E-state index is 0.305. The van der Waals surface area contributed by atoms with Gasteiger partial charge in [-0.1, -0.05) is 11.6 Å². The standard InChI is InChI=1S/C23H23ClN8O/c24-16-3-5-17(6-4-16)30-12-9-29(10-13-30)11-14-31-8-7-18-21(31)27-23(25)32-22(18)26-20(28-32)19-2-1-15-33-19/h1-8,15H,9-14H2,(H2,25,27). The molecule has 0 atom stereocenters. The third kappa shape index (κ3) is 3.69. The van der Waals surface area contributed by atoms with E-state index in [4.69, 9.17) is 21.8 Å². The maximum absolute atomic E-state index is 6.22. The van der Waals surface area contributed by atoms with Crippen LogP contribution in [-0.2, 0) is 6.54 Å². The Balaban J connectivity index is 1.17. The average Bonchev–Trinajstić information content (AvgIpc) is 3.58. The summed E-state index contributed by atoms with van der Waals surface area (Å²) in [6.45, 7) is 5.78. The van der Waals surface area contributed by atoms with Crippen LogP contribution in [0.5, 0.6) is 0 Å². The maximum atomic E-state index is 6.22. The Morgan fingerprint density at radius 3 is 2.52 bits per heavy atom. The highest BCUT2D eigenvalue weighted by atomic mass is 35.5. The lowest BCUT2D eigenvalue weighted by Crippen LogP contribution is -2.47. The molecular formula is C23H23ClN8O. The molecule has 5 aromatic rings. The zero-order chi connectivity index (χ0) is 22.4. The molecule has 1 saturated heterocycles. The summed E-state index contributed by atoms with van der Waals surface area (Å²) in [5.74, 6) is 1.40. The van der Waals surface area contributed by atoms with Crippen LogP contribution in [0, 0.1) is 0 Å². The van der Waals surface area contributed by atoms with Gasteiger partial charge in [-0.15, -0.1) is 5.10 Å². The Kier molecular flexibility index (Phi) is 4.92. The fourth-order valence-corrected chi connectivity index (χ4v) is 4.51. The Morgan fingerprint density at radius 1 is 0.939 bits per heavy atom. The van der Waals surface area contributed by atoms with Crippen LogP contribution in [0.4, 0.5) is 11.6 Å². The Bertz CT molecular complexity index is 1400. The molecule has 10 heteroatoms. The van der Waals surface area contributed by atoms with E-state index >= 15 is 0 Å². The molecule has 33 heavy (non-hydrogen) atoms.